The first-order valence-corrected chi connectivity index (χ1v) is 6.37. The van der Waals surface area contributed by atoms with Gasteiger partial charge in [-0.15, -0.1) is 0 Å². The van der Waals surface area contributed by atoms with Gasteiger partial charge in [-0.1, -0.05) is 0 Å². The first kappa shape index (κ1) is 13.1. The topological polar surface area (TPSA) is 46.3 Å². The Labute approximate surface area is 109 Å². The highest BCUT2D eigenvalue weighted by Gasteiger charge is 2.14. The van der Waals surface area contributed by atoms with Crippen LogP contribution in [0.15, 0.2) is 32.9 Å². The third-order valence-electron chi connectivity index (χ3n) is 2.54. The Balaban J connectivity index is 2.39. The highest BCUT2D eigenvalue weighted by Crippen LogP contribution is 2.34. The third-order valence-corrected chi connectivity index (χ3v) is 3.47. The lowest BCUT2D eigenvalue weighted by Crippen LogP contribution is -1.97. The van der Waals surface area contributed by atoms with Crippen LogP contribution in [0.25, 0.3) is 0 Å². The molecule has 0 fully saturated rings. The van der Waals surface area contributed by atoms with E-state index in [0.717, 1.165) is 10.6 Å². The molecule has 5 heteroatoms. The minimum atomic E-state index is -0.737. The van der Waals surface area contributed by atoms with Crippen molar-refractivity contribution in [3.63, 3.8) is 0 Å². The summed E-state index contributed by atoms with van der Waals surface area (Å²) >= 11 is 1.28. The zero-order valence-electron chi connectivity index (χ0n) is 10.4. The van der Waals surface area contributed by atoms with E-state index in [0.29, 0.717) is 16.3 Å². The first-order valence-electron chi connectivity index (χ1n) is 5.55. The van der Waals surface area contributed by atoms with E-state index >= 15 is 0 Å². The zero-order chi connectivity index (χ0) is 13.3. The average Bonchev–Trinajstić information content (AvgIpc) is 2.68. The molecule has 3 nitrogen and oxygen atoms in total. The number of aromatic nitrogens is 1. The van der Waals surface area contributed by atoms with Gasteiger partial charge in [0, 0.05) is 4.90 Å². The standard InChI is InChI=1S/C13H14FNO2S/c1-7-4-12(10(9(3)16)5-11(7)14)18-13-15-8(2)6-17-13/h4-6,9,16H,1-3H3/t9-/m1/s1. The van der Waals surface area contributed by atoms with Crippen LogP contribution in [-0.2, 0) is 0 Å². The Morgan fingerprint density at radius 3 is 2.67 bits per heavy atom. The molecule has 0 saturated carbocycles. The number of aliphatic hydroxyl groups is 1. The minimum Gasteiger partial charge on any atom is -0.439 e. The van der Waals surface area contributed by atoms with Gasteiger partial charge < -0.3 is 9.52 Å². The van der Waals surface area contributed by atoms with Crippen LogP contribution in [0, 0.1) is 19.7 Å². The smallest absolute Gasteiger partial charge is 0.260 e. The molecule has 2 aromatic rings. The van der Waals surface area contributed by atoms with E-state index in [1.807, 2.05) is 6.92 Å². The molecule has 0 unspecified atom stereocenters. The Kier molecular flexibility index (Phi) is 3.73. The van der Waals surface area contributed by atoms with Gasteiger partial charge >= 0.3 is 0 Å². The van der Waals surface area contributed by atoms with E-state index in [1.54, 1.807) is 26.2 Å². The van der Waals surface area contributed by atoms with E-state index in [9.17, 15) is 9.50 Å². The van der Waals surface area contributed by atoms with Gasteiger partial charge in [0.15, 0.2) is 0 Å². The van der Waals surface area contributed by atoms with Crippen LogP contribution in [0.4, 0.5) is 4.39 Å². The second-order valence-electron chi connectivity index (χ2n) is 4.17. The van der Waals surface area contributed by atoms with Gasteiger partial charge in [0.1, 0.15) is 12.1 Å². The molecule has 18 heavy (non-hydrogen) atoms. The highest BCUT2D eigenvalue weighted by molar-refractivity contribution is 7.99. The van der Waals surface area contributed by atoms with Crippen molar-refractivity contribution in [3.8, 4) is 0 Å². The monoisotopic (exact) mass is 267 g/mol. The predicted molar refractivity (Wildman–Crippen MR) is 67.1 cm³/mol. The fraction of sp³-hybridized carbons (Fsp3) is 0.308. The number of aryl methyl sites for hydroxylation is 2. The summed E-state index contributed by atoms with van der Waals surface area (Å²) in [6.07, 6.45) is 0.819. The molecule has 2 rings (SSSR count). The molecule has 0 bridgehead atoms. The van der Waals surface area contributed by atoms with E-state index in [4.69, 9.17) is 4.42 Å². The molecule has 0 aliphatic rings. The van der Waals surface area contributed by atoms with Crippen molar-refractivity contribution in [2.45, 2.75) is 37.0 Å². The second kappa shape index (κ2) is 5.12. The Hall–Kier alpha value is -1.33. The highest BCUT2D eigenvalue weighted by atomic mass is 32.2. The number of benzene rings is 1. The summed E-state index contributed by atoms with van der Waals surface area (Å²) in [5.74, 6) is -0.321. The van der Waals surface area contributed by atoms with Crippen LogP contribution in [0.5, 0.6) is 0 Å². The number of halogens is 1. The van der Waals surface area contributed by atoms with Crippen LogP contribution in [0.3, 0.4) is 0 Å². The summed E-state index contributed by atoms with van der Waals surface area (Å²) in [5.41, 5.74) is 1.86. The lowest BCUT2D eigenvalue weighted by Gasteiger charge is -2.11. The molecule has 0 aliphatic carbocycles. The maximum absolute atomic E-state index is 13.5. The van der Waals surface area contributed by atoms with Crippen LogP contribution < -0.4 is 0 Å². The van der Waals surface area contributed by atoms with Crippen molar-refractivity contribution < 1.29 is 13.9 Å². The largest absolute Gasteiger partial charge is 0.439 e. The number of oxazole rings is 1. The fourth-order valence-electron chi connectivity index (χ4n) is 1.56. The maximum Gasteiger partial charge on any atom is 0.260 e. The summed E-state index contributed by atoms with van der Waals surface area (Å²) in [5, 5.41) is 10.2. The van der Waals surface area contributed by atoms with E-state index in [-0.39, 0.29) is 5.82 Å². The van der Waals surface area contributed by atoms with Gasteiger partial charge in [-0.2, -0.15) is 0 Å². The number of nitrogens with zero attached hydrogens (tertiary/aromatic N) is 1. The molecule has 1 heterocycles. The lowest BCUT2D eigenvalue weighted by molar-refractivity contribution is 0.195. The van der Waals surface area contributed by atoms with Crippen molar-refractivity contribution in [2.24, 2.45) is 0 Å². The van der Waals surface area contributed by atoms with E-state index in [2.05, 4.69) is 4.98 Å². The van der Waals surface area contributed by atoms with E-state index < -0.39 is 6.10 Å². The summed E-state index contributed by atoms with van der Waals surface area (Å²) in [6.45, 7) is 5.13. The fourth-order valence-corrected chi connectivity index (χ4v) is 2.62. The van der Waals surface area contributed by atoms with Gasteiger partial charge in [0.2, 0.25) is 0 Å². The molecule has 0 spiro atoms. The number of hydrogen-bond donors (Lipinski definition) is 1. The summed E-state index contributed by atoms with van der Waals surface area (Å²) in [4.78, 5) is 4.93. The number of aliphatic hydroxyl groups excluding tert-OH is 1. The molecule has 1 aromatic carbocycles. The predicted octanol–water partition coefficient (Wildman–Crippen LogP) is 3.64. The normalized spacial score (nSPS) is 12.7. The van der Waals surface area contributed by atoms with Gasteiger partial charge in [-0.3, -0.25) is 0 Å². The Morgan fingerprint density at radius 1 is 1.39 bits per heavy atom. The van der Waals surface area contributed by atoms with Crippen molar-refractivity contribution in [1.29, 1.82) is 0 Å². The summed E-state index contributed by atoms with van der Waals surface area (Å²) in [6, 6.07) is 3.06. The van der Waals surface area contributed by atoms with Crippen LogP contribution in [0.1, 0.15) is 29.8 Å². The van der Waals surface area contributed by atoms with Crippen LogP contribution >= 0.6 is 11.8 Å². The Bertz CT molecular complexity index is 566. The SMILES string of the molecule is Cc1coc(Sc2cc(C)c(F)cc2[C@@H](C)O)n1. The quantitative estimate of drug-likeness (QED) is 0.922. The average molecular weight is 267 g/mol. The van der Waals surface area contributed by atoms with Crippen molar-refractivity contribution in [3.05, 3.63) is 41.0 Å². The molecule has 0 aliphatic heterocycles. The molecule has 1 atom stereocenters. The molecule has 1 aromatic heterocycles. The maximum atomic E-state index is 13.5. The van der Waals surface area contributed by atoms with Crippen LogP contribution in [-0.4, -0.2) is 10.1 Å². The third kappa shape index (κ3) is 2.73. The number of hydrogen-bond acceptors (Lipinski definition) is 4. The lowest BCUT2D eigenvalue weighted by atomic mass is 10.1. The zero-order valence-corrected chi connectivity index (χ0v) is 11.2. The molecule has 0 radical (unpaired) electrons. The van der Waals surface area contributed by atoms with Gasteiger partial charge in [0.05, 0.1) is 11.8 Å². The minimum absolute atomic E-state index is 0.321. The second-order valence-corrected chi connectivity index (χ2v) is 5.17. The van der Waals surface area contributed by atoms with Crippen molar-refractivity contribution >= 4 is 11.8 Å². The molecular weight excluding hydrogens is 253 g/mol. The molecule has 96 valence electrons. The first-order chi connectivity index (χ1) is 8.47. The molecular formula is C13H14FNO2S. The van der Waals surface area contributed by atoms with Gasteiger partial charge in [-0.05, 0) is 55.8 Å². The molecule has 1 N–H and O–H groups in total. The molecule has 0 amide bonds. The molecule has 0 saturated heterocycles. The van der Waals surface area contributed by atoms with Gasteiger partial charge in [-0.25, -0.2) is 9.37 Å². The summed E-state index contributed by atoms with van der Waals surface area (Å²) < 4.78 is 18.8. The summed E-state index contributed by atoms with van der Waals surface area (Å²) in [7, 11) is 0. The van der Waals surface area contributed by atoms with Crippen molar-refractivity contribution in [2.75, 3.05) is 0 Å². The Morgan fingerprint density at radius 2 is 2.11 bits per heavy atom. The van der Waals surface area contributed by atoms with Crippen LogP contribution in [0.2, 0.25) is 0 Å². The van der Waals surface area contributed by atoms with E-state index in [1.165, 1.54) is 17.8 Å². The van der Waals surface area contributed by atoms with Crippen molar-refractivity contribution in [1.82, 2.24) is 4.98 Å². The van der Waals surface area contributed by atoms with Gasteiger partial charge in [0.25, 0.3) is 5.22 Å². The number of rotatable bonds is 3.